The molecule has 2 heterocycles. The number of anilines is 1. The fourth-order valence-corrected chi connectivity index (χ4v) is 3.40. The monoisotopic (exact) mass is 385 g/mol. The first-order valence-corrected chi connectivity index (χ1v) is 9.11. The number of nitrogens with zero attached hydrogens (tertiary/aromatic N) is 3. The van der Waals surface area contributed by atoms with Crippen molar-refractivity contribution in [1.82, 2.24) is 10.1 Å². The van der Waals surface area contributed by atoms with E-state index in [1.54, 1.807) is 4.90 Å². The molecule has 1 atom stereocenters. The first kappa shape index (κ1) is 17.7. The van der Waals surface area contributed by atoms with E-state index in [2.05, 4.69) is 17.1 Å². The summed E-state index contributed by atoms with van der Waals surface area (Å²) in [6.45, 7) is 2.56. The van der Waals surface area contributed by atoms with E-state index in [4.69, 9.17) is 16.1 Å². The zero-order valence-electron chi connectivity index (χ0n) is 14.7. The zero-order chi connectivity index (χ0) is 19.0. The number of aromatic nitrogens is 2. The number of halogens is 2. The van der Waals surface area contributed by atoms with Gasteiger partial charge in [-0.2, -0.15) is 4.98 Å². The summed E-state index contributed by atoms with van der Waals surface area (Å²) in [4.78, 5) is 18.6. The number of hydrogen-bond donors (Lipinski definition) is 0. The Hall–Kier alpha value is -2.73. The average molecular weight is 386 g/mol. The minimum absolute atomic E-state index is 0.00289. The predicted octanol–water partition coefficient (Wildman–Crippen LogP) is 4.61. The quantitative estimate of drug-likeness (QED) is 0.658. The van der Waals surface area contributed by atoms with Gasteiger partial charge >= 0.3 is 0 Å². The van der Waals surface area contributed by atoms with E-state index in [9.17, 15) is 9.18 Å². The highest BCUT2D eigenvalue weighted by molar-refractivity contribution is 6.31. The van der Waals surface area contributed by atoms with Crippen molar-refractivity contribution in [2.75, 3.05) is 11.4 Å². The van der Waals surface area contributed by atoms with Crippen LogP contribution >= 0.6 is 11.6 Å². The molecular weight excluding hydrogens is 369 g/mol. The lowest BCUT2D eigenvalue weighted by molar-refractivity contribution is -0.117. The minimum Gasteiger partial charge on any atom is -0.339 e. The Morgan fingerprint density at radius 3 is 2.93 bits per heavy atom. The van der Waals surface area contributed by atoms with E-state index in [0.29, 0.717) is 30.2 Å². The molecule has 1 unspecified atom stereocenters. The largest absolute Gasteiger partial charge is 0.339 e. The summed E-state index contributed by atoms with van der Waals surface area (Å²) in [7, 11) is 0. The van der Waals surface area contributed by atoms with Gasteiger partial charge in [-0.3, -0.25) is 4.79 Å². The fraction of sp³-hybridized carbons (Fsp3) is 0.250. The van der Waals surface area contributed by atoms with E-state index in [-0.39, 0.29) is 16.8 Å². The van der Waals surface area contributed by atoms with Crippen LogP contribution in [0.25, 0.3) is 11.4 Å². The van der Waals surface area contributed by atoms with E-state index < -0.39 is 5.82 Å². The molecule has 0 N–H and O–H groups in total. The summed E-state index contributed by atoms with van der Waals surface area (Å²) in [6.07, 6.45) is 1.22. The maximum atomic E-state index is 13.3. The summed E-state index contributed by atoms with van der Waals surface area (Å²) >= 11 is 5.82. The van der Waals surface area contributed by atoms with Gasteiger partial charge in [0.1, 0.15) is 5.82 Å². The first-order chi connectivity index (χ1) is 13.0. The van der Waals surface area contributed by atoms with Crippen molar-refractivity contribution in [3.63, 3.8) is 0 Å². The Kier molecular flexibility index (Phi) is 4.66. The van der Waals surface area contributed by atoms with Crippen LogP contribution in [0.15, 0.2) is 47.0 Å². The zero-order valence-corrected chi connectivity index (χ0v) is 15.4. The van der Waals surface area contributed by atoms with Crippen LogP contribution in [0.2, 0.25) is 5.02 Å². The van der Waals surface area contributed by atoms with Crippen molar-refractivity contribution < 1.29 is 13.7 Å². The van der Waals surface area contributed by atoms with Crippen LogP contribution in [-0.4, -0.2) is 22.6 Å². The van der Waals surface area contributed by atoms with Gasteiger partial charge in [0.05, 0.1) is 10.9 Å². The van der Waals surface area contributed by atoms with E-state index in [1.165, 1.54) is 23.8 Å². The van der Waals surface area contributed by atoms with Crippen molar-refractivity contribution >= 4 is 23.2 Å². The molecule has 1 aliphatic rings. The smallest absolute Gasteiger partial charge is 0.232 e. The van der Waals surface area contributed by atoms with Gasteiger partial charge < -0.3 is 9.42 Å². The Morgan fingerprint density at radius 2 is 2.15 bits per heavy atom. The molecule has 5 nitrogen and oxygen atoms in total. The molecule has 7 heteroatoms. The van der Waals surface area contributed by atoms with Crippen molar-refractivity contribution in [3.05, 3.63) is 64.8 Å². The number of benzene rings is 2. The maximum Gasteiger partial charge on any atom is 0.232 e. The van der Waals surface area contributed by atoms with Crippen molar-refractivity contribution in [2.45, 2.75) is 25.7 Å². The van der Waals surface area contributed by atoms with Crippen LogP contribution in [0.4, 0.5) is 10.1 Å². The summed E-state index contributed by atoms with van der Waals surface area (Å²) in [5.74, 6) is 0.0620. The molecule has 27 heavy (non-hydrogen) atoms. The molecule has 4 rings (SSSR count). The summed E-state index contributed by atoms with van der Waals surface area (Å²) in [5.41, 5.74) is 2.62. The highest BCUT2D eigenvalue weighted by Gasteiger charge is 2.35. The van der Waals surface area contributed by atoms with E-state index in [0.717, 1.165) is 12.1 Å². The molecule has 2 aromatic carbocycles. The number of aryl methyl sites for hydroxylation is 1. The SMILES string of the molecule is CCc1cccc(N2CC(c3nc(-c4ccc(F)c(Cl)c4)no3)CC2=O)c1. The molecule has 1 fully saturated rings. The summed E-state index contributed by atoms with van der Waals surface area (Å²) in [5, 5.41) is 3.95. The van der Waals surface area contributed by atoms with Gasteiger partial charge in [-0.25, -0.2) is 4.39 Å². The van der Waals surface area contributed by atoms with Gasteiger partial charge in [0, 0.05) is 24.2 Å². The number of rotatable bonds is 4. The molecule has 3 aromatic rings. The Morgan fingerprint density at radius 1 is 1.30 bits per heavy atom. The summed E-state index contributed by atoms with van der Waals surface area (Å²) < 4.78 is 18.7. The van der Waals surface area contributed by atoms with Crippen LogP contribution in [0, 0.1) is 5.82 Å². The van der Waals surface area contributed by atoms with Crippen LogP contribution in [-0.2, 0) is 11.2 Å². The van der Waals surface area contributed by atoms with Crippen LogP contribution in [0.3, 0.4) is 0 Å². The van der Waals surface area contributed by atoms with Gasteiger partial charge in [-0.1, -0.05) is 35.8 Å². The normalized spacial score (nSPS) is 16.9. The van der Waals surface area contributed by atoms with E-state index in [1.807, 2.05) is 24.3 Å². The molecule has 0 bridgehead atoms. The predicted molar refractivity (Wildman–Crippen MR) is 100 cm³/mol. The van der Waals surface area contributed by atoms with Crippen LogP contribution in [0.1, 0.15) is 30.7 Å². The maximum absolute atomic E-state index is 13.3. The van der Waals surface area contributed by atoms with Gasteiger partial charge in [-0.05, 0) is 42.3 Å². The Labute approximate surface area is 160 Å². The lowest BCUT2D eigenvalue weighted by Gasteiger charge is -2.16. The standard InChI is InChI=1S/C20H17ClFN3O2/c1-2-12-4-3-5-15(8-12)25-11-14(10-18(25)26)20-23-19(24-27-20)13-6-7-17(22)16(21)9-13/h3-9,14H,2,10-11H2,1H3. The third kappa shape index (κ3) is 3.45. The molecule has 1 aromatic heterocycles. The highest BCUT2D eigenvalue weighted by atomic mass is 35.5. The first-order valence-electron chi connectivity index (χ1n) is 8.73. The van der Waals surface area contributed by atoms with Gasteiger partial charge in [0.25, 0.3) is 0 Å². The molecule has 0 radical (unpaired) electrons. The second kappa shape index (κ2) is 7.12. The van der Waals surface area contributed by atoms with Gasteiger partial charge in [-0.15, -0.1) is 0 Å². The highest BCUT2D eigenvalue weighted by Crippen LogP contribution is 2.32. The number of carbonyl (C=O) groups is 1. The molecular formula is C20H17ClFN3O2. The fourth-order valence-electron chi connectivity index (χ4n) is 3.22. The van der Waals surface area contributed by atoms with Gasteiger partial charge in [0.15, 0.2) is 0 Å². The molecule has 1 aliphatic heterocycles. The molecule has 1 amide bonds. The lowest BCUT2D eigenvalue weighted by Crippen LogP contribution is -2.24. The number of amides is 1. The van der Waals surface area contributed by atoms with Crippen molar-refractivity contribution in [2.24, 2.45) is 0 Å². The Balaban J connectivity index is 1.55. The minimum atomic E-state index is -0.504. The molecule has 0 spiro atoms. The average Bonchev–Trinajstić information content (AvgIpc) is 3.31. The number of carbonyl (C=O) groups excluding carboxylic acids is 1. The third-order valence-electron chi connectivity index (χ3n) is 4.72. The third-order valence-corrected chi connectivity index (χ3v) is 5.01. The van der Waals surface area contributed by atoms with Crippen LogP contribution < -0.4 is 4.90 Å². The molecule has 0 saturated carbocycles. The topological polar surface area (TPSA) is 59.2 Å². The van der Waals surface area contributed by atoms with E-state index >= 15 is 0 Å². The second-order valence-corrected chi connectivity index (χ2v) is 6.92. The molecule has 138 valence electrons. The second-order valence-electron chi connectivity index (χ2n) is 6.51. The number of hydrogen-bond acceptors (Lipinski definition) is 4. The molecule has 1 saturated heterocycles. The Bertz CT molecular complexity index is 1000. The lowest BCUT2D eigenvalue weighted by atomic mass is 10.1. The molecule has 0 aliphatic carbocycles. The van der Waals surface area contributed by atoms with Crippen LogP contribution in [0.5, 0.6) is 0 Å². The van der Waals surface area contributed by atoms with Crippen molar-refractivity contribution in [1.29, 1.82) is 0 Å². The summed E-state index contributed by atoms with van der Waals surface area (Å²) in [6, 6.07) is 12.2. The van der Waals surface area contributed by atoms with Gasteiger partial charge in [0.2, 0.25) is 17.6 Å². The van der Waals surface area contributed by atoms with Crippen molar-refractivity contribution in [3.8, 4) is 11.4 Å².